The van der Waals surface area contributed by atoms with Crippen LogP contribution in [0.3, 0.4) is 0 Å². The van der Waals surface area contributed by atoms with Gasteiger partial charge >= 0.3 is 0 Å². The summed E-state index contributed by atoms with van der Waals surface area (Å²) in [5.41, 5.74) is 0. The highest BCUT2D eigenvalue weighted by Crippen LogP contribution is 2.03. The summed E-state index contributed by atoms with van der Waals surface area (Å²) in [6.45, 7) is 3.71. The van der Waals surface area contributed by atoms with Crippen LogP contribution in [0.4, 0.5) is 0 Å². The van der Waals surface area contributed by atoms with Crippen molar-refractivity contribution in [3.05, 3.63) is 12.2 Å². The molecule has 0 atom stereocenters. The lowest BCUT2D eigenvalue weighted by Crippen LogP contribution is -1.77. The zero-order valence-electron chi connectivity index (χ0n) is 10.3. The van der Waals surface area contributed by atoms with E-state index < -0.39 is 0 Å². The summed E-state index contributed by atoms with van der Waals surface area (Å²) in [7, 11) is 0. The molecule has 0 N–H and O–H groups in total. The van der Waals surface area contributed by atoms with Crippen molar-refractivity contribution in [2.24, 2.45) is 0 Å². The monoisotopic (exact) mass is 216 g/mol. The van der Waals surface area contributed by atoms with E-state index in [0.717, 1.165) is 12.8 Å². The third kappa shape index (κ3) is 12.5. The molecule has 0 aliphatic carbocycles. The second-order valence-electron chi connectivity index (χ2n) is 3.68. The molecule has 16 heavy (non-hydrogen) atoms. The highest BCUT2D eigenvalue weighted by atomic mass is 16.1. The van der Waals surface area contributed by atoms with Crippen molar-refractivity contribution >= 4 is 5.78 Å². The van der Waals surface area contributed by atoms with Gasteiger partial charge in [-0.1, -0.05) is 44.4 Å². The maximum absolute atomic E-state index is 10.5. The summed E-state index contributed by atoms with van der Waals surface area (Å²) in [4.78, 5) is 10.5. The first-order valence-corrected chi connectivity index (χ1v) is 5.93. The van der Waals surface area contributed by atoms with Crippen molar-refractivity contribution in [2.75, 3.05) is 0 Å². The second kappa shape index (κ2) is 11.6. The van der Waals surface area contributed by atoms with Crippen LogP contribution in [0.25, 0.3) is 0 Å². The number of carbonyl (C=O) groups is 1. The van der Waals surface area contributed by atoms with Crippen LogP contribution >= 0.6 is 0 Å². The van der Waals surface area contributed by atoms with Gasteiger partial charge < -0.3 is 0 Å². The summed E-state index contributed by atoms with van der Waals surface area (Å²) < 4.78 is 0. The maximum atomic E-state index is 10.5. The molecule has 0 fully saturated rings. The summed E-state index contributed by atoms with van der Waals surface area (Å²) in [6.07, 6.45) is 10.2. The van der Waals surface area contributed by atoms with Crippen molar-refractivity contribution in [2.45, 2.75) is 52.4 Å². The van der Waals surface area contributed by atoms with Gasteiger partial charge in [0.1, 0.15) is 0 Å². The smallest absolute Gasteiger partial charge is 0.153 e. The predicted octanol–water partition coefficient (Wildman–Crippen LogP) is 3.50. The summed E-state index contributed by atoms with van der Waals surface area (Å²) in [5, 5.41) is 0. The van der Waals surface area contributed by atoms with Crippen molar-refractivity contribution in [1.82, 2.24) is 0 Å². The van der Waals surface area contributed by atoms with Crippen LogP contribution in [-0.4, -0.2) is 5.78 Å². The van der Waals surface area contributed by atoms with E-state index in [1.807, 2.05) is 0 Å². The van der Waals surface area contributed by atoms with E-state index in [-0.39, 0.29) is 5.78 Å². The van der Waals surface area contributed by atoms with Crippen molar-refractivity contribution in [3.63, 3.8) is 0 Å². The molecule has 0 radical (unpaired) electrons. The van der Waals surface area contributed by atoms with Gasteiger partial charge in [0.05, 0.1) is 0 Å². The van der Waals surface area contributed by atoms with Gasteiger partial charge in [-0.2, -0.15) is 0 Å². The summed E-state index contributed by atoms with van der Waals surface area (Å²) in [6, 6.07) is 0. The topological polar surface area (TPSA) is 17.1 Å². The van der Waals surface area contributed by atoms with E-state index in [4.69, 9.17) is 0 Å². The van der Waals surface area contributed by atoms with Crippen LogP contribution in [0.1, 0.15) is 52.4 Å². The fourth-order valence-corrected chi connectivity index (χ4v) is 1.16. The quantitative estimate of drug-likeness (QED) is 0.377. The predicted molar refractivity (Wildman–Crippen MR) is 68.7 cm³/mol. The second-order valence-corrected chi connectivity index (χ2v) is 3.68. The standard InChI is InChI=1S/C15H20O/c1-3-4-5-6-7-8-9-10-11-12-13-14-15(2)16/h13-14H,3-8H2,1-2H3. The minimum atomic E-state index is 0.0122. The Labute approximate surface area is 99.3 Å². The normalized spacial score (nSPS) is 9.12. The minimum Gasteiger partial charge on any atom is -0.295 e. The molecule has 0 unspecified atom stereocenters. The molecular formula is C15H20O. The zero-order valence-corrected chi connectivity index (χ0v) is 10.3. The number of hydrogen-bond acceptors (Lipinski definition) is 1. The van der Waals surface area contributed by atoms with Gasteiger partial charge in [0.2, 0.25) is 0 Å². The number of unbranched alkanes of at least 4 members (excludes halogenated alkanes) is 5. The SMILES string of the molecule is CCCCCCCC#CC#CC=CC(C)=O. The van der Waals surface area contributed by atoms with Crippen LogP contribution in [0.15, 0.2) is 12.2 Å². The largest absolute Gasteiger partial charge is 0.295 e. The van der Waals surface area contributed by atoms with Crippen LogP contribution in [0.2, 0.25) is 0 Å². The molecule has 0 saturated heterocycles. The lowest BCUT2D eigenvalue weighted by molar-refractivity contribution is -0.112. The number of hydrogen-bond donors (Lipinski definition) is 0. The first-order valence-electron chi connectivity index (χ1n) is 5.93. The molecule has 0 saturated carbocycles. The third-order valence-electron chi connectivity index (χ3n) is 2.03. The third-order valence-corrected chi connectivity index (χ3v) is 2.03. The van der Waals surface area contributed by atoms with E-state index >= 15 is 0 Å². The first kappa shape index (κ1) is 14.5. The Morgan fingerprint density at radius 3 is 2.56 bits per heavy atom. The summed E-state index contributed by atoms with van der Waals surface area (Å²) >= 11 is 0. The molecular weight excluding hydrogens is 196 g/mol. The van der Waals surface area contributed by atoms with Crippen molar-refractivity contribution in [3.8, 4) is 23.7 Å². The Kier molecular flexibility index (Phi) is 10.5. The Morgan fingerprint density at radius 1 is 1.12 bits per heavy atom. The van der Waals surface area contributed by atoms with Gasteiger partial charge in [-0.25, -0.2) is 0 Å². The van der Waals surface area contributed by atoms with Crippen LogP contribution in [-0.2, 0) is 4.79 Å². The molecule has 1 nitrogen and oxygen atoms in total. The molecule has 0 spiro atoms. The van der Waals surface area contributed by atoms with Gasteiger partial charge in [0.25, 0.3) is 0 Å². The van der Waals surface area contributed by atoms with E-state index in [2.05, 4.69) is 30.6 Å². The fourth-order valence-electron chi connectivity index (χ4n) is 1.16. The molecule has 0 aromatic rings. The molecule has 1 heteroatoms. The van der Waals surface area contributed by atoms with Crippen LogP contribution in [0.5, 0.6) is 0 Å². The molecule has 0 aromatic carbocycles. The Bertz CT molecular complexity index is 328. The zero-order chi connectivity index (χ0) is 12.1. The average molecular weight is 216 g/mol. The molecule has 0 heterocycles. The highest BCUT2D eigenvalue weighted by Gasteiger charge is 1.85. The molecule has 0 aliphatic rings. The van der Waals surface area contributed by atoms with Gasteiger partial charge in [0, 0.05) is 6.42 Å². The van der Waals surface area contributed by atoms with Gasteiger partial charge in [0.15, 0.2) is 5.78 Å². The number of allylic oxidation sites excluding steroid dienone is 2. The maximum Gasteiger partial charge on any atom is 0.153 e. The van der Waals surface area contributed by atoms with Crippen LogP contribution in [0, 0.1) is 23.7 Å². The van der Waals surface area contributed by atoms with Crippen molar-refractivity contribution in [1.29, 1.82) is 0 Å². The number of carbonyl (C=O) groups excluding carboxylic acids is 1. The number of rotatable bonds is 6. The minimum absolute atomic E-state index is 0.0122. The van der Waals surface area contributed by atoms with Gasteiger partial charge in [-0.15, -0.1) is 0 Å². The number of ketones is 1. The van der Waals surface area contributed by atoms with E-state index in [9.17, 15) is 4.79 Å². The Morgan fingerprint density at radius 2 is 1.88 bits per heavy atom. The Hall–Kier alpha value is -1.47. The van der Waals surface area contributed by atoms with Crippen LogP contribution < -0.4 is 0 Å². The lowest BCUT2D eigenvalue weighted by atomic mass is 10.1. The van der Waals surface area contributed by atoms with Gasteiger partial charge in [-0.3, -0.25) is 4.79 Å². The van der Waals surface area contributed by atoms with E-state index in [1.165, 1.54) is 44.8 Å². The van der Waals surface area contributed by atoms with Gasteiger partial charge in [-0.05, 0) is 37.3 Å². The molecule has 86 valence electrons. The lowest BCUT2D eigenvalue weighted by Gasteiger charge is -1.93. The van der Waals surface area contributed by atoms with E-state index in [1.54, 1.807) is 0 Å². The summed E-state index contributed by atoms with van der Waals surface area (Å²) in [5.74, 6) is 11.2. The fraction of sp³-hybridized carbons (Fsp3) is 0.533. The Balaban J connectivity index is 3.51. The molecule has 0 rings (SSSR count). The molecule has 0 aliphatic heterocycles. The molecule has 0 amide bonds. The average Bonchev–Trinajstić information content (AvgIpc) is 2.25. The molecule has 0 bridgehead atoms. The first-order chi connectivity index (χ1) is 7.77. The van der Waals surface area contributed by atoms with Crippen molar-refractivity contribution < 1.29 is 4.79 Å². The van der Waals surface area contributed by atoms with E-state index in [0.29, 0.717) is 0 Å². The highest BCUT2D eigenvalue weighted by molar-refractivity contribution is 5.87. The molecule has 0 aromatic heterocycles.